The second-order valence-electron chi connectivity index (χ2n) is 6.14. The van der Waals surface area contributed by atoms with E-state index in [2.05, 4.69) is 39.1 Å². The second kappa shape index (κ2) is 4.07. The standard InChI is InChI=1S/C16H23NO/c1-10-5-11(2)13(4)15(12(10)3)16(8-18-9-16)14-6-17-7-14/h5,14,17H,6-9H2,1-4H3. The van der Waals surface area contributed by atoms with Crippen LogP contribution >= 0.6 is 0 Å². The first-order valence-corrected chi connectivity index (χ1v) is 6.92. The molecule has 0 bridgehead atoms. The highest BCUT2D eigenvalue weighted by Gasteiger charge is 2.50. The highest BCUT2D eigenvalue weighted by atomic mass is 16.5. The largest absolute Gasteiger partial charge is 0.379 e. The summed E-state index contributed by atoms with van der Waals surface area (Å²) < 4.78 is 5.61. The Morgan fingerprint density at radius 2 is 1.61 bits per heavy atom. The second-order valence-corrected chi connectivity index (χ2v) is 6.14. The fourth-order valence-corrected chi connectivity index (χ4v) is 3.55. The summed E-state index contributed by atoms with van der Waals surface area (Å²) in [6.45, 7) is 13.1. The number of benzene rings is 1. The van der Waals surface area contributed by atoms with Crippen molar-refractivity contribution in [3.05, 3.63) is 33.9 Å². The van der Waals surface area contributed by atoms with Crippen LogP contribution in [0.25, 0.3) is 0 Å². The third-order valence-corrected chi connectivity index (χ3v) is 5.15. The lowest BCUT2D eigenvalue weighted by Gasteiger charge is -2.53. The fourth-order valence-electron chi connectivity index (χ4n) is 3.55. The van der Waals surface area contributed by atoms with Gasteiger partial charge in [0.1, 0.15) is 0 Å². The third kappa shape index (κ3) is 1.49. The highest BCUT2D eigenvalue weighted by Crippen LogP contribution is 2.45. The summed E-state index contributed by atoms with van der Waals surface area (Å²) >= 11 is 0. The first-order chi connectivity index (χ1) is 8.56. The zero-order valence-electron chi connectivity index (χ0n) is 11.9. The van der Waals surface area contributed by atoms with Crippen LogP contribution in [0.2, 0.25) is 0 Å². The van der Waals surface area contributed by atoms with E-state index < -0.39 is 0 Å². The van der Waals surface area contributed by atoms with Gasteiger partial charge in [-0.1, -0.05) is 6.07 Å². The molecule has 0 unspecified atom stereocenters. The maximum atomic E-state index is 5.61. The normalized spacial score (nSPS) is 22.4. The molecule has 0 amide bonds. The summed E-state index contributed by atoms with van der Waals surface area (Å²) in [6.07, 6.45) is 0. The van der Waals surface area contributed by atoms with E-state index in [-0.39, 0.29) is 5.41 Å². The van der Waals surface area contributed by atoms with Crippen LogP contribution in [0.4, 0.5) is 0 Å². The molecule has 2 fully saturated rings. The van der Waals surface area contributed by atoms with E-state index in [1.807, 2.05) is 0 Å². The average Bonchev–Trinajstić information content (AvgIpc) is 2.20. The predicted octanol–water partition coefficient (Wildman–Crippen LogP) is 2.41. The van der Waals surface area contributed by atoms with E-state index in [0.717, 1.165) is 32.2 Å². The molecule has 1 N–H and O–H groups in total. The Labute approximate surface area is 110 Å². The van der Waals surface area contributed by atoms with Crippen molar-refractivity contribution in [3.63, 3.8) is 0 Å². The van der Waals surface area contributed by atoms with Crippen LogP contribution in [-0.4, -0.2) is 26.3 Å². The van der Waals surface area contributed by atoms with Crippen LogP contribution in [-0.2, 0) is 10.2 Å². The van der Waals surface area contributed by atoms with Gasteiger partial charge in [-0.2, -0.15) is 0 Å². The van der Waals surface area contributed by atoms with Crippen LogP contribution in [0.3, 0.4) is 0 Å². The molecule has 2 aliphatic rings. The van der Waals surface area contributed by atoms with E-state index >= 15 is 0 Å². The van der Waals surface area contributed by atoms with Crippen molar-refractivity contribution >= 4 is 0 Å². The lowest BCUT2D eigenvalue weighted by Crippen LogP contribution is -2.63. The Morgan fingerprint density at radius 3 is 1.94 bits per heavy atom. The van der Waals surface area contributed by atoms with Gasteiger partial charge in [-0.15, -0.1) is 0 Å². The van der Waals surface area contributed by atoms with Gasteiger partial charge in [-0.25, -0.2) is 0 Å². The monoisotopic (exact) mass is 245 g/mol. The summed E-state index contributed by atoms with van der Waals surface area (Å²) in [5.74, 6) is 0.754. The van der Waals surface area contributed by atoms with Crippen molar-refractivity contribution < 1.29 is 4.74 Å². The van der Waals surface area contributed by atoms with Crippen molar-refractivity contribution in [1.82, 2.24) is 5.32 Å². The van der Waals surface area contributed by atoms with Crippen LogP contribution in [0, 0.1) is 33.6 Å². The Morgan fingerprint density at radius 1 is 1.06 bits per heavy atom. The Kier molecular flexibility index (Phi) is 2.76. The van der Waals surface area contributed by atoms with Gasteiger partial charge in [0.15, 0.2) is 0 Å². The molecule has 2 heterocycles. The van der Waals surface area contributed by atoms with Crippen molar-refractivity contribution in [2.45, 2.75) is 33.1 Å². The third-order valence-electron chi connectivity index (χ3n) is 5.15. The molecule has 0 radical (unpaired) electrons. The number of hydrogen-bond acceptors (Lipinski definition) is 2. The van der Waals surface area contributed by atoms with Gasteiger partial charge in [0, 0.05) is 18.5 Å². The molecular weight excluding hydrogens is 222 g/mol. The molecule has 0 saturated carbocycles. The molecular formula is C16H23NO. The van der Waals surface area contributed by atoms with Crippen LogP contribution in [0.1, 0.15) is 27.8 Å². The van der Waals surface area contributed by atoms with Crippen LogP contribution in [0.15, 0.2) is 6.07 Å². The van der Waals surface area contributed by atoms with Gasteiger partial charge in [-0.3, -0.25) is 0 Å². The van der Waals surface area contributed by atoms with E-state index in [0.29, 0.717) is 0 Å². The van der Waals surface area contributed by atoms with E-state index in [9.17, 15) is 0 Å². The van der Waals surface area contributed by atoms with E-state index in [1.54, 1.807) is 5.56 Å². The molecule has 2 aliphatic heterocycles. The van der Waals surface area contributed by atoms with E-state index in [4.69, 9.17) is 4.74 Å². The van der Waals surface area contributed by atoms with Gasteiger partial charge < -0.3 is 10.1 Å². The van der Waals surface area contributed by atoms with Crippen LogP contribution < -0.4 is 5.32 Å². The SMILES string of the molecule is Cc1cc(C)c(C)c(C2(C3CNC3)COC2)c1C. The zero-order chi connectivity index (χ0) is 12.9. The number of rotatable bonds is 2. The summed E-state index contributed by atoms with van der Waals surface area (Å²) in [5.41, 5.74) is 7.67. The smallest absolute Gasteiger partial charge is 0.0589 e. The van der Waals surface area contributed by atoms with Gasteiger partial charge in [0.2, 0.25) is 0 Å². The highest BCUT2D eigenvalue weighted by molar-refractivity contribution is 5.50. The first kappa shape index (κ1) is 12.2. The molecule has 1 aromatic rings. The molecule has 98 valence electrons. The summed E-state index contributed by atoms with van der Waals surface area (Å²) in [4.78, 5) is 0. The molecule has 0 spiro atoms. The molecule has 2 nitrogen and oxygen atoms in total. The van der Waals surface area contributed by atoms with Gasteiger partial charge in [0.25, 0.3) is 0 Å². The quantitative estimate of drug-likeness (QED) is 0.864. The molecule has 0 aromatic heterocycles. The predicted molar refractivity (Wildman–Crippen MR) is 74.2 cm³/mol. The Bertz CT molecular complexity index is 458. The lowest BCUT2D eigenvalue weighted by molar-refractivity contribution is -0.102. The molecule has 0 aliphatic carbocycles. The lowest BCUT2D eigenvalue weighted by atomic mass is 9.63. The average molecular weight is 245 g/mol. The molecule has 2 heteroatoms. The molecule has 2 saturated heterocycles. The molecule has 1 aromatic carbocycles. The summed E-state index contributed by atoms with van der Waals surface area (Å²) in [7, 11) is 0. The Hall–Kier alpha value is -0.860. The van der Waals surface area contributed by atoms with Crippen molar-refractivity contribution in [2.75, 3.05) is 26.3 Å². The maximum absolute atomic E-state index is 5.61. The summed E-state index contributed by atoms with van der Waals surface area (Å²) in [5, 5.41) is 3.42. The molecule has 3 rings (SSSR count). The number of hydrogen-bond donors (Lipinski definition) is 1. The van der Waals surface area contributed by atoms with Crippen molar-refractivity contribution in [3.8, 4) is 0 Å². The van der Waals surface area contributed by atoms with Crippen molar-refractivity contribution in [2.24, 2.45) is 5.92 Å². The maximum Gasteiger partial charge on any atom is 0.0589 e. The van der Waals surface area contributed by atoms with Gasteiger partial charge in [-0.05, 0) is 61.4 Å². The van der Waals surface area contributed by atoms with Crippen LogP contribution in [0.5, 0.6) is 0 Å². The van der Waals surface area contributed by atoms with E-state index in [1.165, 1.54) is 22.3 Å². The fraction of sp³-hybridized carbons (Fsp3) is 0.625. The van der Waals surface area contributed by atoms with Gasteiger partial charge >= 0.3 is 0 Å². The van der Waals surface area contributed by atoms with Crippen molar-refractivity contribution in [1.29, 1.82) is 0 Å². The molecule has 0 atom stereocenters. The molecule has 18 heavy (non-hydrogen) atoms. The minimum Gasteiger partial charge on any atom is -0.379 e. The number of ether oxygens (including phenoxy) is 1. The minimum atomic E-state index is 0.288. The summed E-state index contributed by atoms with van der Waals surface area (Å²) in [6, 6.07) is 2.32. The topological polar surface area (TPSA) is 21.3 Å². The Balaban J connectivity index is 2.15. The van der Waals surface area contributed by atoms with Gasteiger partial charge in [0.05, 0.1) is 13.2 Å². The first-order valence-electron chi connectivity index (χ1n) is 6.92. The number of nitrogens with one attached hydrogen (secondary N) is 1. The minimum absolute atomic E-state index is 0.288. The number of aryl methyl sites for hydroxylation is 2. The zero-order valence-corrected chi connectivity index (χ0v) is 11.9.